The van der Waals surface area contributed by atoms with Gasteiger partial charge in [0.25, 0.3) is 5.91 Å². The van der Waals surface area contributed by atoms with Crippen LogP contribution in [-0.2, 0) is 4.74 Å². The molecule has 0 aliphatic heterocycles. The highest BCUT2D eigenvalue weighted by Crippen LogP contribution is 2.25. The number of aromatic nitrogens is 2. The van der Waals surface area contributed by atoms with Crippen LogP contribution in [-0.4, -0.2) is 28.3 Å². The Bertz CT molecular complexity index is 1230. The lowest BCUT2D eigenvalue weighted by Crippen LogP contribution is -2.12. The van der Waals surface area contributed by atoms with Gasteiger partial charge in [0.2, 0.25) is 0 Å². The lowest BCUT2D eigenvalue weighted by atomic mass is 10.1. The van der Waals surface area contributed by atoms with E-state index >= 15 is 0 Å². The van der Waals surface area contributed by atoms with Gasteiger partial charge in [-0.25, -0.2) is 13.9 Å². The maximum atomic E-state index is 13.4. The minimum atomic E-state index is -0.423. The van der Waals surface area contributed by atoms with Crippen molar-refractivity contribution in [3.8, 4) is 16.9 Å². The SMILES string of the molecule is CCOC(=O)c1ccc(NC(=O)c2cn(-c3ccccc3)nc2-c2ccc(F)cc2)cc1. The molecule has 0 radical (unpaired) electrons. The summed E-state index contributed by atoms with van der Waals surface area (Å²) in [7, 11) is 0. The molecule has 4 rings (SSSR count). The second-order valence-corrected chi connectivity index (χ2v) is 6.93. The summed E-state index contributed by atoms with van der Waals surface area (Å²) in [5.41, 5.74) is 3.07. The second-order valence-electron chi connectivity index (χ2n) is 6.93. The van der Waals surface area contributed by atoms with Gasteiger partial charge >= 0.3 is 5.97 Å². The Labute approximate surface area is 184 Å². The number of nitrogens with one attached hydrogen (secondary N) is 1. The maximum absolute atomic E-state index is 13.4. The molecule has 0 bridgehead atoms. The van der Waals surface area contributed by atoms with Crippen LogP contribution in [0.15, 0.2) is 85.1 Å². The molecule has 32 heavy (non-hydrogen) atoms. The number of carbonyl (C=O) groups excluding carboxylic acids is 2. The summed E-state index contributed by atoms with van der Waals surface area (Å²) in [5.74, 6) is -1.17. The monoisotopic (exact) mass is 429 g/mol. The highest BCUT2D eigenvalue weighted by atomic mass is 19.1. The molecule has 0 spiro atoms. The Morgan fingerprint density at radius 2 is 1.66 bits per heavy atom. The molecule has 0 saturated carbocycles. The van der Waals surface area contributed by atoms with E-state index in [4.69, 9.17) is 4.74 Å². The van der Waals surface area contributed by atoms with Gasteiger partial charge in [0, 0.05) is 17.4 Å². The van der Waals surface area contributed by atoms with Crippen LogP contribution in [0.1, 0.15) is 27.6 Å². The van der Waals surface area contributed by atoms with Crippen molar-refractivity contribution >= 4 is 17.6 Å². The van der Waals surface area contributed by atoms with E-state index < -0.39 is 5.97 Å². The third-order valence-corrected chi connectivity index (χ3v) is 4.75. The van der Waals surface area contributed by atoms with Crippen molar-refractivity contribution in [2.24, 2.45) is 0 Å². The fourth-order valence-electron chi connectivity index (χ4n) is 3.18. The summed E-state index contributed by atoms with van der Waals surface area (Å²) in [6, 6.07) is 21.6. The van der Waals surface area contributed by atoms with Gasteiger partial charge in [0.15, 0.2) is 0 Å². The molecule has 1 heterocycles. The van der Waals surface area contributed by atoms with Crippen molar-refractivity contribution in [1.82, 2.24) is 9.78 Å². The number of anilines is 1. The topological polar surface area (TPSA) is 73.2 Å². The average Bonchev–Trinajstić information content (AvgIpc) is 3.26. The molecule has 4 aromatic rings. The zero-order valence-corrected chi connectivity index (χ0v) is 17.3. The van der Waals surface area contributed by atoms with Crippen molar-refractivity contribution in [2.45, 2.75) is 6.92 Å². The summed E-state index contributed by atoms with van der Waals surface area (Å²) in [4.78, 5) is 24.9. The molecule has 0 saturated heterocycles. The molecule has 0 aliphatic rings. The predicted molar refractivity (Wildman–Crippen MR) is 119 cm³/mol. The number of hydrogen-bond acceptors (Lipinski definition) is 4. The van der Waals surface area contributed by atoms with Gasteiger partial charge in [-0.2, -0.15) is 5.10 Å². The predicted octanol–water partition coefficient (Wildman–Crippen LogP) is 5.11. The molecule has 0 fully saturated rings. The molecule has 1 aromatic heterocycles. The quantitative estimate of drug-likeness (QED) is 0.433. The minimum absolute atomic E-state index is 0.287. The third kappa shape index (κ3) is 4.57. The van der Waals surface area contributed by atoms with E-state index in [0.717, 1.165) is 5.69 Å². The van der Waals surface area contributed by atoms with Gasteiger partial charge < -0.3 is 10.1 Å². The number of carbonyl (C=O) groups is 2. The summed E-state index contributed by atoms with van der Waals surface area (Å²) in [6.07, 6.45) is 1.64. The third-order valence-electron chi connectivity index (χ3n) is 4.75. The molecule has 7 heteroatoms. The van der Waals surface area contributed by atoms with Crippen molar-refractivity contribution in [3.05, 3.63) is 102 Å². The summed E-state index contributed by atoms with van der Waals surface area (Å²) >= 11 is 0. The van der Waals surface area contributed by atoms with E-state index in [-0.39, 0.29) is 18.3 Å². The Hall–Kier alpha value is -4.26. The fraction of sp³-hybridized carbons (Fsp3) is 0.0800. The Morgan fingerprint density at radius 1 is 0.969 bits per heavy atom. The first kappa shape index (κ1) is 21.0. The number of rotatable bonds is 6. The van der Waals surface area contributed by atoms with Gasteiger partial charge in [0.05, 0.1) is 23.4 Å². The van der Waals surface area contributed by atoms with E-state index in [9.17, 15) is 14.0 Å². The standard InChI is InChI=1S/C25H20FN3O3/c1-2-32-25(31)18-10-14-20(15-11-18)27-24(30)22-16-29(21-6-4-3-5-7-21)28-23(22)17-8-12-19(26)13-9-17/h3-16H,2H2,1H3,(H,27,30). The van der Waals surface area contributed by atoms with Crippen molar-refractivity contribution in [2.75, 3.05) is 11.9 Å². The second kappa shape index (κ2) is 9.26. The van der Waals surface area contributed by atoms with E-state index in [1.807, 2.05) is 30.3 Å². The molecular formula is C25H20FN3O3. The number of halogens is 1. The van der Waals surface area contributed by atoms with Crippen LogP contribution in [0.3, 0.4) is 0 Å². The van der Waals surface area contributed by atoms with E-state index in [1.165, 1.54) is 12.1 Å². The molecule has 0 aliphatic carbocycles. The normalized spacial score (nSPS) is 10.6. The van der Waals surface area contributed by atoms with Crippen LogP contribution >= 0.6 is 0 Å². The molecule has 0 unspecified atom stereocenters. The van der Waals surface area contributed by atoms with Crippen LogP contribution < -0.4 is 5.32 Å². The van der Waals surface area contributed by atoms with E-state index in [1.54, 1.807) is 54.2 Å². The first-order valence-electron chi connectivity index (χ1n) is 10.0. The summed E-state index contributed by atoms with van der Waals surface area (Å²) in [6.45, 7) is 2.02. The molecule has 3 aromatic carbocycles. The van der Waals surface area contributed by atoms with Gasteiger partial charge in [0.1, 0.15) is 11.5 Å². The number of esters is 1. The number of benzene rings is 3. The highest BCUT2D eigenvalue weighted by Gasteiger charge is 2.19. The molecule has 0 atom stereocenters. The van der Waals surface area contributed by atoms with Crippen molar-refractivity contribution in [3.63, 3.8) is 0 Å². The van der Waals surface area contributed by atoms with E-state index in [0.29, 0.717) is 28.1 Å². The Balaban J connectivity index is 1.65. The molecule has 1 amide bonds. The van der Waals surface area contributed by atoms with Gasteiger partial charge in [-0.05, 0) is 67.6 Å². The lowest BCUT2D eigenvalue weighted by molar-refractivity contribution is 0.0526. The maximum Gasteiger partial charge on any atom is 0.338 e. The number of amides is 1. The smallest absolute Gasteiger partial charge is 0.338 e. The van der Waals surface area contributed by atoms with Crippen LogP contribution in [0.5, 0.6) is 0 Å². The largest absolute Gasteiger partial charge is 0.462 e. The first-order chi connectivity index (χ1) is 15.5. The Morgan fingerprint density at radius 3 is 2.31 bits per heavy atom. The fourth-order valence-corrected chi connectivity index (χ4v) is 3.18. The van der Waals surface area contributed by atoms with Crippen molar-refractivity contribution < 1.29 is 18.7 Å². The molecule has 160 valence electrons. The highest BCUT2D eigenvalue weighted by molar-refractivity contribution is 6.08. The molecular weight excluding hydrogens is 409 g/mol. The molecule has 6 nitrogen and oxygen atoms in total. The van der Waals surface area contributed by atoms with Crippen LogP contribution in [0, 0.1) is 5.82 Å². The van der Waals surface area contributed by atoms with Crippen LogP contribution in [0.4, 0.5) is 10.1 Å². The summed E-state index contributed by atoms with van der Waals surface area (Å²) < 4.78 is 20.0. The zero-order chi connectivity index (χ0) is 22.5. The number of para-hydroxylation sites is 1. The molecule has 1 N–H and O–H groups in total. The minimum Gasteiger partial charge on any atom is -0.462 e. The first-order valence-corrected chi connectivity index (χ1v) is 10.0. The van der Waals surface area contributed by atoms with Crippen LogP contribution in [0.2, 0.25) is 0 Å². The van der Waals surface area contributed by atoms with Crippen LogP contribution in [0.25, 0.3) is 16.9 Å². The van der Waals surface area contributed by atoms with Gasteiger partial charge in [-0.3, -0.25) is 4.79 Å². The van der Waals surface area contributed by atoms with Gasteiger partial charge in [-0.15, -0.1) is 0 Å². The van der Waals surface area contributed by atoms with E-state index in [2.05, 4.69) is 10.4 Å². The average molecular weight is 429 g/mol. The summed E-state index contributed by atoms with van der Waals surface area (Å²) in [5, 5.41) is 7.40. The number of hydrogen-bond donors (Lipinski definition) is 1. The zero-order valence-electron chi connectivity index (χ0n) is 17.3. The number of nitrogens with zero attached hydrogens (tertiary/aromatic N) is 2. The Kier molecular flexibility index (Phi) is 6.07. The lowest BCUT2D eigenvalue weighted by Gasteiger charge is -2.07. The number of ether oxygens (including phenoxy) is 1. The van der Waals surface area contributed by atoms with Gasteiger partial charge in [-0.1, -0.05) is 18.2 Å². The van der Waals surface area contributed by atoms with Crippen molar-refractivity contribution in [1.29, 1.82) is 0 Å².